The van der Waals surface area contributed by atoms with E-state index in [4.69, 9.17) is 9.47 Å². The van der Waals surface area contributed by atoms with Gasteiger partial charge < -0.3 is 14.8 Å². The van der Waals surface area contributed by atoms with Gasteiger partial charge in [0.2, 0.25) is 0 Å². The van der Waals surface area contributed by atoms with Crippen molar-refractivity contribution in [2.24, 2.45) is 0 Å². The quantitative estimate of drug-likeness (QED) is 0.886. The Balaban J connectivity index is 1.71. The van der Waals surface area contributed by atoms with Crippen LogP contribution in [-0.4, -0.2) is 20.3 Å². The first-order valence-corrected chi connectivity index (χ1v) is 7.86. The first-order valence-electron chi connectivity index (χ1n) is 7.07. The molecule has 1 unspecified atom stereocenters. The molecule has 3 nitrogen and oxygen atoms in total. The Hall–Kier alpha value is -1.68. The van der Waals surface area contributed by atoms with Crippen LogP contribution in [0.2, 0.25) is 0 Å². The van der Waals surface area contributed by atoms with Crippen molar-refractivity contribution in [1.82, 2.24) is 0 Å². The van der Waals surface area contributed by atoms with Crippen molar-refractivity contribution in [3.05, 3.63) is 52.5 Å². The van der Waals surface area contributed by atoms with Gasteiger partial charge in [0.25, 0.3) is 0 Å². The number of hydrogen-bond donors (Lipinski definition) is 1. The van der Waals surface area contributed by atoms with Crippen molar-refractivity contribution in [2.75, 3.05) is 25.6 Å². The summed E-state index contributed by atoms with van der Waals surface area (Å²) in [6, 6.07) is 14.4. The Bertz CT molecular complexity index is 630. The Morgan fingerprint density at radius 3 is 3.00 bits per heavy atom. The summed E-state index contributed by atoms with van der Waals surface area (Å²) in [7, 11) is 1.68. The Morgan fingerprint density at radius 1 is 1.29 bits per heavy atom. The van der Waals surface area contributed by atoms with E-state index in [1.807, 2.05) is 24.3 Å². The van der Waals surface area contributed by atoms with Gasteiger partial charge in [-0.15, -0.1) is 0 Å². The molecule has 110 valence electrons. The molecule has 0 saturated heterocycles. The summed E-state index contributed by atoms with van der Waals surface area (Å²) >= 11 is 3.47. The van der Waals surface area contributed by atoms with Crippen LogP contribution in [0.5, 0.6) is 11.5 Å². The first kappa shape index (κ1) is 14.3. The average molecular weight is 348 g/mol. The topological polar surface area (TPSA) is 30.5 Å². The molecule has 0 amide bonds. The molecule has 4 heteroatoms. The molecule has 2 aromatic carbocycles. The van der Waals surface area contributed by atoms with E-state index in [1.54, 1.807) is 7.11 Å². The highest BCUT2D eigenvalue weighted by Crippen LogP contribution is 2.34. The molecule has 2 aromatic rings. The monoisotopic (exact) mass is 347 g/mol. The lowest BCUT2D eigenvalue weighted by Gasteiger charge is -2.26. The van der Waals surface area contributed by atoms with E-state index in [1.165, 1.54) is 5.56 Å². The first-order chi connectivity index (χ1) is 10.3. The second-order valence-electron chi connectivity index (χ2n) is 5.10. The molecule has 3 rings (SSSR count). The molecule has 0 spiro atoms. The van der Waals surface area contributed by atoms with Crippen LogP contribution in [0, 0.1) is 0 Å². The van der Waals surface area contributed by atoms with Crippen molar-refractivity contribution in [3.63, 3.8) is 0 Å². The fraction of sp³-hybridized carbons (Fsp3) is 0.294. The molecule has 1 atom stereocenters. The molecule has 1 heterocycles. The molecule has 0 saturated carbocycles. The third-order valence-corrected chi connectivity index (χ3v) is 4.44. The fourth-order valence-electron chi connectivity index (χ4n) is 2.64. The van der Waals surface area contributed by atoms with E-state index < -0.39 is 0 Å². The smallest absolute Gasteiger partial charge is 0.135 e. The van der Waals surface area contributed by atoms with Crippen molar-refractivity contribution >= 4 is 21.6 Å². The number of para-hydroxylation sites is 1. The number of rotatable bonds is 4. The van der Waals surface area contributed by atoms with Crippen LogP contribution in [0.15, 0.2) is 46.9 Å². The van der Waals surface area contributed by atoms with Gasteiger partial charge >= 0.3 is 0 Å². The summed E-state index contributed by atoms with van der Waals surface area (Å²) in [6.45, 7) is 1.68. The van der Waals surface area contributed by atoms with Crippen LogP contribution in [0.4, 0.5) is 5.69 Å². The number of anilines is 1. The number of hydrogen-bond acceptors (Lipinski definition) is 3. The molecule has 21 heavy (non-hydrogen) atoms. The molecule has 0 fully saturated rings. The Morgan fingerprint density at radius 2 is 2.14 bits per heavy atom. The van der Waals surface area contributed by atoms with Crippen LogP contribution >= 0.6 is 15.9 Å². The molecular formula is C17H18BrNO2. The van der Waals surface area contributed by atoms with Gasteiger partial charge in [0.05, 0.1) is 18.2 Å². The van der Waals surface area contributed by atoms with Crippen molar-refractivity contribution in [1.29, 1.82) is 0 Å². The number of halogens is 1. The highest BCUT2D eigenvalue weighted by molar-refractivity contribution is 9.10. The lowest BCUT2D eigenvalue weighted by molar-refractivity contribution is 0.270. The highest BCUT2D eigenvalue weighted by atomic mass is 79.9. The minimum atomic E-state index is 0.476. The number of methoxy groups -OCH3 is 1. The van der Waals surface area contributed by atoms with Gasteiger partial charge in [0.1, 0.15) is 11.5 Å². The van der Waals surface area contributed by atoms with Gasteiger partial charge in [-0.2, -0.15) is 0 Å². The maximum atomic E-state index is 5.70. The van der Waals surface area contributed by atoms with Crippen molar-refractivity contribution in [3.8, 4) is 11.5 Å². The summed E-state index contributed by atoms with van der Waals surface area (Å²) in [5, 5.41) is 3.50. The Labute approximate surface area is 133 Å². The minimum Gasteiger partial charge on any atom is -0.495 e. The molecule has 0 bridgehead atoms. The van der Waals surface area contributed by atoms with Gasteiger partial charge in [-0.25, -0.2) is 0 Å². The van der Waals surface area contributed by atoms with Gasteiger partial charge in [0.15, 0.2) is 0 Å². The van der Waals surface area contributed by atoms with Crippen LogP contribution < -0.4 is 14.8 Å². The summed E-state index contributed by atoms with van der Waals surface area (Å²) in [5.41, 5.74) is 2.36. The van der Waals surface area contributed by atoms with E-state index >= 15 is 0 Å². The predicted molar refractivity (Wildman–Crippen MR) is 88.5 cm³/mol. The molecular weight excluding hydrogens is 330 g/mol. The third-order valence-electron chi connectivity index (χ3n) is 3.79. The summed E-state index contributed by atoms with van der Waals surface area (Å²) < 4.78 is 12.0. The van der Waals surface area contributed by atoms with Crippen LogP contribution in [-0.2, 0) is 0 Å². The van der Waals surface area contributed by atoms with Gasteiger partial charge in [-0.1, -0.05) is 18.2 Å². The maximum Gasteiger partial charge on any atom is 0.135 e. The summed E-state index contributed by atoms with van der Waals surface area (Å²) in [6.07, 6.45) is 1.04. The van der Waals surface area contributed by atoms with Crippen molar-refractivity contribution < 1.29 is 9.47 Å². The van der Waals surface area contributed by atoms with E-state index in [9.17, 15) is 0 Å². The van der Waals surface area contributed by atoms with Crippen LogP contribution in [0.3, 0.4) is 0 Å². The minimum absolute atomic E-state index is 0.476. The van der Waals surface area contributed by atoms with Gasteiger partial charge in [0, 0.05) is 24.2 Å². The van der Waals surface area contributed by atoms with Crippen LogP contribution in [0.1, 0.15) is 17.9 Å². The maximum absolute atomic E-state index is 5.70. The van der Waals surface area contributed by atoms with E-state index in [0.29, 0.717) is 5.92 Å². The van der Waals surface area contributed by atoms with Crippen molar-refractivity contribution in [2.45, 2.75) is 12.3 Å². The molecule has 1 N–H and O–H groups in total. The molecule has 0 aliphatic carbocycles. The number of ether oxygens (including phenoxy) is 2. The van der Waals surface area contributed by atoms with Gasteiger partial charge in [-0.05, 0) is 46.1 Å². The van der Waals surface area contributed by atoms with Gasteiger partial charge in [-0.3, -0.25) is 0 Å². The second-order valence-corrected chi connectivity index (χ2v) is 5.96. The van der Waals surface area contributed by atoms with Crippen LogP contribution in [0.25, 0.3) is 0 Å². The highest BCUT2D eigenvalue weighted by Gasteiger charge is 2.20. The average Bonchev–Trinajstić information content (AvgIpc) is 2.54. The number of nitrogens with one attached hydrogen (secondary N) is 1. The largest absolute Gasteiger partial charge is 0.495 e. The molecule has 0 aromatic heterocycles. The zero-order chi connectivity index (χ0) is 14.7. The van der Waals surface area contributed by atoms with E-state index in [0.717, 1.165) is 41.2 Å². The number of fused-ring (bicyclic) bond motifs is 1. The van der Waals surface area contributed by atoms with E-state index in [-0.39, 0.29) is 0 Å². The third kappa shape index (κ3) is 3.16. The summed E-state index contributed by atoms with van der Waals surface area (Å²) in [5.74, 6) is 2.33. The van der Waals surface area contributed by atoms with E-state index in [2.05, 4.69) is 39.4 Å². The normalized spacial score (nSPS) is 16.8. The molecule has 0 radical (unpaired) electrons. The second kappa shape index (κ2) is 6.39. The predicted octanol–water partition coefficient (Wildman–Crippen LogP) is 4.44. The molecule has 1 aliphatic heterocycles. The zero-order valence-corrected chi connectivity index (χ0v) is 13.5. The number of benzene rings is 2. The zero-order valence-electron chi connectivity index (χ0n) is 11.9. The molecule has 1 aliphatic rings. The lowest BCUT2D eigenvalue weighted by atomic mass is 9.93. The fourth-order valence-corrected chi connectivity index (χ4v) is 3.05. The summed E-state index contributed by atoms with van der Waals surface area (Å²) in [4.78, 5) is 0. The Kier molecular flexibility index (Phi) is 4.34. The standard InChI is InChI=1S/C17H18BrNO2/c1-20-17-10-13(6-7-15(17)18)19-11-12-8-9-21-16-5-3-2-4-14(12)16/h2-7,10,12,19H,8-9,11H2,1H3. The SMILES string of the molecule is COc1cc(NCC2CCOc3ccccc32)ccc1Br. The lowest BCUT2D eigenvalue weighted by Crippen LogP contribution is -2.20.